The molecular weight excluding hydrogens is 168 g/mol. The van der Waals surface area contributed by atoms with Crippen LogP contribution in [0.25, 0.3) is 0 Å². The summed E-state index contributed by atoms with van der Waals surface area (Å²) in [5.41, 5.74) is 0. The van der Waals surface area contributed by atoms with Crippen molar-refractivity contribution in [2.75, 3.05) is 6.26 Å². The van der Waals surface area contributed by atoms with Crippen LogP contribution in [-0.4, -0.2) is 11.2 Å². The molecule has 4 heteroatoms. The van der Waals surface area contributed by atoms with Gasteiger partial charge in [-0.25, -0.2) is 4.57 Å². The fourth-order valence-electron chi connectivity index (χ4n) is 0.558. The Hall–Kier alpha value is -0.280. The highest BCUT2D eigenvalue weighted by atomic mass is 35.5. The monoisotopic (exact) mass is 175 g/mol. The molecule has 0 atom stereocenters. The molecule has 0 aliphatic carbocycles. The minimum atomic E-state index is 0.520. The van der Waals surface area contributed by atoms with Gasteiger partial charge in [0.15, 0.2) is 0 Å². The molecule has 2 nitrogen and oxygen atoms in total. The van der Waals surface area contributed by atoms with Crippen LogP contribution in [-0.2, 0) is 7.05 Å². The standard InChI is InChI=1S/C6H8ClN2S/c1-9-4-3-5(10-2)8-6(9)7/h3-4H,1-2H3/q+1. The van der Waals surface area contributed by atoms with Crippen molar-refractivity contribution >= 4 is 23.4 Å². The van der Waals surface area contributed by atoms with E-state index in [1.165, 1.54) is 0 Å². The molecule has 1 aromatic rings. The summed E-state index contributed by atoms with van der Waals surface area (Å²) in [6, 6.07) is 1.93. The van der Waals surface area contributed by atoms with Crippen molar-refractivity contribution in [3.8, 4) is 0 Å². The van der Waals surface area contributed by atoms with Gasteiger partial charge in [0, 0.05) is 17.7 Å². The number of hydrogen-bond acceptors (Lipinski definition) is 2. The van der Waals surface area contributed by atoms with Gasteiger partial charge in [-0.1, -0.05) is 11.8 Å². The quantitative estimate of drug-likeness (QED) is 0.277. The molecule has 0 N–H and O–H groups in total. The van der Waals surface area contributed by atoms with E-state index in [0.717, 1.165) is 5.03 Å². The molecule has 0 radical (unpaired) electrons. The summed E-state index contributed by atoms with van der Waals surface area (Å²) in [5.74, 6) is 0. The van der Waals surface area contributed by atoms with Gasteiger partial charge in [-0.05, 0) is 11.2 Å². The van der Waals surface area contributed by atoms with Crippen LogP contribution in [0, 0.1) is 0 Å². The molecule has 1 rings (SSSR count). The van der Waals surface area contributed by atoms with Gasteiger partial charge in [0.1, 0.15) is 0 Å². The van der Waals surface area contributed by atoms with Crippen molar-refractivity contribution < 1.29 is 4.57 Å². The van der Waals surface area contributed by atoms with Crippen molar-refractivity contribution in [2.24, 2.45) is 7.05 Å². The predicted molar refractivity (Wildman–Crippen MR) is 42.2 cm³/mol. The molecule has 0 saturated carbocycles. The second kappa shape index (κ2) is 3.21. The molecule has 0 spiro atoms. The highest BCUT2D eigenvalue weighted by molar-refractivity contribution is 7.98. The molecule has 0 saturated heterocycles. The van der Waals surface area contributed by atoms with Crippen molar-refractivity contribution in [3.63, 3.8) is 0 Å². The second-order valence-electron chi connectivity index (χ2n) is 1.85. The van der Waals surface area contributed by atoms with E-state index in [-0.39, 0.29) is 0 Å². The number of hydrogen-bond donors (Lipinski definition) is 0. The number of nitrogens with zero attached hydrogens (tertiary/aromatic N) is 2. The number of aromatic nitrogens is 2. The summed E-state index contributed by atoms with van der Waals surface area (Å²) in [6.45, 7) is 0. The number of aryl methyl sites for hydroxylation is 1. The third kappa shape index (κ3) is 1.61. The van der Waals surface area contributed by atoms with E-state index in [2.05, 4.69) is 4.98 Å². The predicted octanol–water partition coefficient (Wildman–Crippen LogP) is 1.28. The Bertz CT molecular complexity index is 239. The first-order valence-corrected chi connectivity index (χ1v) is 4.40. The lowest BCUT2D eigenvalue weighted by Gasteiger charge is -1.90. The lowest BCUT2D eigenvalue weighted by Crippen LogP contribution is -2.29. The Morgan fingerprint density at radius 3 is 2.90 bits per heavy atom. The molecule has 0 aromatic carbocycles. The van der Waals surface area contributed by atoms with Crippen LogP contribution in [0.15, 0.2) is 17.3 Å². The van der Waals surface area contributed by atoms with Crippen molar-refractivity contribution in [2.45, 2.75) is 5.03 Å². The van der Waals surface area contributed by atoms with Gasteiger partial charge in [0.05, 0.1) is 13.2 Å². The first-order chi connectivity index (χ1) is 4.74. The molecule has 0 bridgehead atoms. The van der Waals surface area contributed by atoms with E-state index in [4.69, 9.17) is 11.6 Å². The highest BCUT2D eigenvalue weighted by Gasteiger charge is 2.06. The summed E-state index contributed by atoms with van der Waals surface area (Å²) < 4.78 is 1.77. The Morgan fingerprint density at radius 1 is 1.70 bits per heavy atom. The lowest BCUT2D eigenvalue weighted by molar-refractivity contribution is -0.672. The second-order valence-corrected chi connectivity index (χ2v) is 3.01. The van der Waals surface area contributed by atoms with Gasteiger partial charge in [0.2, 0.25) is 5.03 Å². The van der Waals surface area contributed by atoms with Crippen LogP contribution in [0.4, 0.5) is 0 Å². The van der Waals surface area contributed by atoms with Crippen LogP contribution in [0.1, 0.15) is 0 Å². The summed E-state index contributed by atoms with van der Waals surface area (Å²) in [7, 11) is 1.86. The fraction of sp³-hybridized carbons (Fsp3) is 0.333. The molecule has 1 heterocycles. The van der Waals surface area contributed by atoms with E-state index in [1.807, 2.05) is 25.6 Å². The van der Waals surface area contributed by atoms with E-state index in [9.17, 15) is 0 Å². The number of rotatable bonds is 1. The highest BCUT2D eigenvalue weighted by Crippen LogP contribution is 2.10. The smallest absolute Gasteiger partial charge is 0.223 e. The summed E-state index contributed by atoms with van der Waals surface area (Å²) >= 11 is 7.31. The Labute approximate surface area is 69.2 Å². The van der Waals surface area contributed by atoms with E-state index in [1.54, 1.807) is 16.3 Å². The zero-order chi connectivity index (χ0) is 7.56. The molecule has 0 aliphatic rings. The van der Waals surface area contributed by atoms with Crippen LogP contribution in [0.5, 0.6) is 0 Å². The molecule has 54 valence electrons. The molecule has 10 heavy (non-hydrogen) atoms. The van der Waals surface area contributed by atoms with Crippen molar-refractivity contribution in [1.82, 2.24) is 4.98 Å². The minimum Gasteiger partial charge on any atom is -0.223 e. The summed E-state index contributed by atoms with van der Waals surface area (Å²) in [5, 5.41) is 1.47. The average molecular weight is 176 g/mol. The fourth-order valence-corrected chi connectivity index (χ4v) is 1.13. The van der Waals surface area contributed by atoms with Crippen LogP contribution < -0.4 is 4.57 Å². The summed E-state index contributed by atoms with van der Waals surface area (Å²) in [4.78, 5) is 4.08. The van der Waals surface area contributed by atoms with E-state index < -0.39 is 0 Å². The normalized spacial score (nSPS) is 9.90. The van der Waals surface area contributed by atoms with Crippen molar-refractivity contribution in [1.29, 1.82) is 0 Å². The van der Waals surface area contributed by atoms with Gasteiger partial charge in [-0.2, -0.15) is 0 Å². The Kier molecular flexibility index (Phi) is 2.51. The van der Waals surface area contributed by atoms with Gasteiger partial charge in [0.25, 0.3) is 0 Å². The summed E-state index contributed by atoms with van der Waals surface area (Å²) in [6.07, 6.45) is 3.86. The van der Waals surface area contributed by atoms with Crippen LogP contribution >= 0.6 is 23.4 Å². The zero-order valence-electron chi connectivity index (χ0n) is 5.84. The van der Waals surface area contributed by atoms with Gasteiger partial charge >= 0.3 is 5.28 Å². The van der Waals surface area contributed by atoms with Crippen LogP contribution in [0.3, 0.4) is 0 Å². The maximum Gasteiger partial charge on any atom is 0.396 e. The Morgan fingerprint density at radius 2 is 2.40 bits per heavy atom. The van der Waals surface area contributed by atoms with E-state index in [0.29, 0.717) is 5.28 Å². The first-order valence-electron chi connectivity index (χ1n) is 2.80. The van der Waals surface area contributed by atoms with Gasteiger partial charge < -0.3 is 0 Å². The molecule has 0 amide bonds. The molecule has 0 fully saturated rings. The van der Waals surface area contributed by atoms with Crippen molar-refractivity contribution in [3.05, 3.63) is 17.5 Å². The first kappa shape index (κ1) is 7.82. The lowest BCUT2D eigenvalue weighted by atomic mass is 10.7. The average Bonchev–Trinajstić information content (AvgIpc) is 1.95. The maximum atomic E-state index is 5.73. The molecule has 1 aromatic heterocycles. The number of thioether (sulfide) groups is 1. The maximum absolute atomic E-state index is 5.73. The van der Waals surface area contributed by atoms with E-state index >= 15 is 0 Å². The number of halogens is 1. The SMILES string of the molecule is CSc1cc[n+](C)c(Cl)n1. The van der Waals surface area contributed by atoms with Gasteiger partial charge in [-0.15, -0.1) is 0 Å². The Balaban J connectivity index is 3.04. The minimum absolute atomic E-state index is 0.520. The zero-order valence-corrected chi connectivity index (χ0v) is 7.41. The van der Waals surface area contributed by atoms with Gasteiger partial charge in [-0.3, -0.25) is 0 Å². The largest absolute Gasteiger partial charge is 0.396 e. The molecular formula is C6H8ClN2S+. The molecule has 0 unspecified atom stereocenters. The third-order valence-corrected chi connectivity index (χ3v) is 2.14. The van der Waals surface area contributed by atoms with Crippen LogP contribution in [0.2, 0.25) is 5.28 Å². The third-order valence-electron chi connectivity index (χ3n) is 1.14. The topological polar surface area (TPSA) is 16.8 Å². The molecule has 0 aliphatic heterocycles.